The zero-order valence-corrected chi connectivity index (χ0v) is 15.5. The first-order valence-electron chi connectivity index (χ1n) is 9.51. The van der Waals surface area contributed by atoms with Crippen molar-refractivity contribution in [2.24, 2.45) is 11.7 Å². The summed E-state index contributed by atoms with van der Waals surface area (Å²) in [6.45, 7) is 9.46. The molecule has 5 heteroatoms. The van der Waals surface area contributed by atoms with Crippen LogP contribution in [-0.2, 0) is 11.3 Å². The third-order valence-electron chi connectivity index (χ3n) is 5.34. The van der Waals surface area contributed by atoms with Crippen molar-refractivity contribution >= 4 is 5.91 Å². The van der Waals surface area contributed by atoms with Crippen molar-refractivity contribution in [2.45, 2.75) is 45.4 Å². The van der Waals surface area contributed by atoms with Crippen LogP contribution in [0.2, 0.25) is 0 Å². The molecule has 2 aliphatic rings. The number of hydrogen-bond donors (Lipinski definition) is 1. The number of carbonyl (C=O) groups excluding carboxylic acids is 1. The number of nitrogens with two attached hydrogens (primary N) is 1. The second kappa shape index (κ2) is 8.30. The highest BCUT2D eigenvalue weighted by Crippen LogP contribution is 2.19. The Bertz CT molecular complexity index is 557. The van der Waals surface area contributed by atoms with E-state index >= 15 is 0 Å². The fourth-order valence-electron chi connectivity index (χ4n) is 3.98. The van der Waals surface area contributed by atoms with Gasteiger partial charge in [-0.15, -0.1) is 0 Å². The van der Waals surface area contributed by atoms with Gasteiger partial charge in [0.15, 0.2) is 0 Å². The number of morpholine rings is 1. The quantitative estimate of drug-likeness (QED) is 0.908. The molecule has 3 rings (SSSR count). The van der Waals surface area contributed by atoms with E-state index in [-0.39, 0.29) is 18.1 Å². The van der Waals surface area contributed by atoms with E-state index < -0.39 is 0 Å². The molecule has 0 unspecified atom stereocenters. The van der Waals surface area contributed by atoms with Gasteiger partial charge in [-0.2, -0.15) is 0 Å². The first-order valence-corrected chi connectivity index (χ1v) is 9.51. The Balaban J connectivity index is 1.56. The number of piperidine rings is 1. The van der Waals surface area contributed by atoms with E-state index in [9.17, 15) is 4.79 Å². The number of likely N-dealkylation sites (tertiary alicyclic amines) is 1. The van der Waals surface area contributed by atoms with Crippen LogP contribution >= 0.6 is 0 Å². The van der Waals surface area contributed by atoms with E-state index in [1.165, 1.54) is 5.56 Å². The van der Waals surface area contributed by atoms with Crippen molar-refractivity contribution in [1.29, 1.82) is 0 Å². The minimum Gasteiger partial charge on any atom is -0.373 e. The van der Waals surface area contributed by atoms with Gasteiger partial charge in [0.2, 0.25) is 0 Å². The van der Waals surface area contributed by atoms with Crippen LogP contribution in [0.5, 0.6) is 0 Å². The summed E-state index contributed by atoms with van der Waals surface area (Å²) in [7, 11) is 0. The molecular formula is C20H31N3O2. The Kier molecular flexibility index (Phi) is 6.10. The van der Waals surface area contributed by atoms with Gasteiger partial charge in [0, 0.05) is 38.3 Å². The van der Waals surface area contributed by atoms with Gasteiger partial charge in [-0.05, 0) is 56.8 Å². The number of nitrogens with zero attached hydrogens (tertiary/aromatic N) is 2. The molecule has 1 amide bonds. The zero-order valence-electron chi connectivity index (χ0n) is 15.5. The molecule has 1 aromatic rings. The normalized spacial score (nSPS) is 26.0. The number of rotatable bonds is 4. The van der Waals surface area contributed by atoms with Gasteiger partial charge in [-0.1, -0.05) is 12.1 Å². The lowest BCUT2D eigenvalue weighted by atomic mass is 9.96. The third-order valence-corrected chi connectivity index (χ3v) is 5.34. The van der Waals surface area contributed by atoms with Crippen LogP contribution < -0.4 is 5.73 Å². The zero-order chi connectivity index (χ0) is 17.8. The summed E-state index contributed by atoms with van der Waals surface area (Å²) in [5.41, 5.74) is 7.77. The molecule has 138 valence electrons. The highest BCUT2D eigenvalue weighted by Gasteiger charge is 2.24. The maximum absolute atomic E-state index is 12.6. The number of hydrogen-bond acceptors (Lipinski definition) is 4. The largest absolute Gasteiger partial charge is 0.373 e. The van der Waals surface area contributed by atoms with Crippen LogP contribution in [0.4, 0.5) is 0 Å². The maximum atomic E-state index is 12.6. The van der Waals surface area contributed by atoms with Crippen molar-refractivity contribution < 1.29 is 9.53 Å². The van der Waals surface area contributed by atoms with Crippen LogP contribution in [0.25, 0.3) is 0 Å². The molecule has 0 radical (unpaired) electrons. The first kappa shape index (κ1) is 18.4. The SMILES string of the molecule is C[C@@H]1CN(Cc2ccc(C(=O)N3CCC(CN)CC3)cc2)C[C@@H](C)O1. The van der Waals surface area contributed by atoms with Crippen LogP contribution in [0.1, 0.15) is 42.6 Å². The summed E-state index contributed by atoms with van der Waals surface area (Å²) in [6, 6.07) is 8.12. The average Bonchev–Trinajstić information content (AvgIpc) is 2.61. The van der Waals surface area contributed by atoms with Crippen molar-refractivity contribution in [3.8, 4) is 0 Å². The lowest BCUT2D eigenvalue weighted by molar-refractivity contribution is -0.0704. The molecule has 0 bridgehead atoms. The van der Waals surface area contributed by atoms with Gasteiger partial charge in [-0.25, -0.2) is 0 Å². The van der Waals surface area contributed by atoms with Crippen LogP contribution in [0.3, 0.4) is 0 Å². The number of benzene rings is 1. The van der Waals surface area contributed by atoms with E-state index in [0.717, 1.165) is 57.7 Å². The van der Waals surface area contributed by atoms with E-state index in [4.69, 9.17) is 10.5 Å². The summed E-state index contributed by atoms with van der Waals surface area (Å²) in [5.74, 6) is 0.723. The molecule has 5 nitrogen and oxygen atoms in total. The van der Waals surface area contributed by atoms with Gasteiger partial charge in [0.05, 0.1) is 12.2 Å². The molecule has 2 N–H and O–H groups in total. The van der Waals surface area contributed by atoms with Gasteiger partial charge >= 0.3 is 0 Å². The Morgan fingerprint density at radius 3 is 2.28 bits per heavy atom. The molecule has 2 heterocycles. The summed E-state index contributed by atoms with van der Waals surface area (Å²) < 4.78 is 5.79. The molecular weight excluding hydrogens is 314 g/mol. The number of ether oxygens (including phenoxy) is 1. The molecule has 0 aromatic heterocycles. The smallest absolute Gasteiger partial charge is 0.253 e. The van der Waals surface area contributed by atoms with Crippen molar-refractivity contribution in [2.75, 3.05) is 32.7 Å². The lowest BCUT2D eigenvalue weighted by Crippen LogP contribution is -2.44. The molecule has 0 spiro atoms. The van der Waals surface area contributed by atoms with Crippen molar-refractivity contribution in [1.82, 2.24) is 9.80 Å². The third kappa shape index (κ3) is 4.81. The summed E-state index contributed by atoms with van der Waals surface area (Å²) in [5, 5.41) is 0. The molecule has 2 atom stereocenters. The van der Waals surface area contributed by atoms with Crippen LogP contribution in [0.15, 0.2) is 24.3 Å². The minimum absolute atomic E-state index is 0.149. The highest BCUT2D eigenvalue weighted by atomic mass is 16.5. The standard InChI is InChI=1S/C20H31N3O2/c1-15-12-22(13-16(2)25-15)14-18-3-5-19(6-4-18)20(24)23-9-7-17(11-21)8-10-23/h3-6,15-17H,7-14,21H2,1-2H3/t15-,16-/m1/s1. The maximum Gasteiger partial charge on any atom is 0.253 e. The van der Waals surface area contributed by atoms with Gasteiger partial charge in [-0.3, -0.25) is 9.69 Å². The van der Waals surface area contributed by atoms with Crippen LogP contribution in [0, 0.1) is 5.92 Å². The van der Waals surface area contributed by atoms with Crippen LogP contribution in [-0.4, -0.2) is 60.6 Å². The first-order chi connectivity index (χ1) is 12.0. The molecule has 2 aliphatic heterocycles. The van der Waals surface area contributed by atoms with Gasteiger partial charge < -0.3 is 15.4 Å². The van der Waals surface area contributed by atoms with Crippen molar-refractivity contribution in [3.63, 3.8) is 0 Å². The second-order valence-corrected chi connectivity index (χ2v) is 7.62. The summed E-state index contributed by atoms with van der Waals surface area (Å²) in [4.78, 5) is 17.0. The molecule has 2 fully saturated rings. The van der Waals surface area contributed by atoms with E-state index in [1.807, 2.05) is 17.0 Å². The Morgan fingerprint density at radius 1 is 1.12 bits per heavy atom. The summed E-state index contributed by atoms with van der Waals surface area (Å²) in [6.07, 6.45) is 2.60. The predicted molar refractivity (Wildman–Crippen MR) is 99.4 cm³/mol. The molecule has 1 aromatic carbocycles. The fraction of sp³-hybridized carbons (Fsp3) is 0.650. The van der Waals surface area contributed by atoms with Gasteiger partial charge in [0.1, 0.15) is 0 Å². The lowest BCUT2D eigenvalue weighted by Gasteiger charge is -2.35. The average molecular weight is 345 g/mol. The Labute approximate surface area is 151 Å². The molecule has 2 saturated heterocycles. The predicted octanol–water partition coefficient (Wildman–Crippen LogP) is 2.11. The summed E-state index contributed by atoms with van der Waals surface area (Å²) >= 11 is 0. The molecule has 25 heavy (non-hydrogen) atoms. The van der Waals surface area contributed by atoms with Gasteiger partial charge in [0.25, 0.3) is 5.91 Å². The number of amides is 1. The minimum atomic E-state index is 0.149. The molecule has 0 saturated carbocycles. The monoisotopic (exact) mass is 345 g/mol. The van der Waals surface area contributed by atoms with Crippen molar-refractivity contribution in [3.05, 3.63) is 35.4 Å². The number of carbonyl (C=O) groups is 1. The topological polar surface area (TPSA) is 58.8 Å². The van der Waals surface area contributed by atoms with E-state index in [1.54, 1.807) is 0 Å². The van der Waals surface area contributed by atoms with E-state index in [2.05, 4.69) is 30.9 Å². The fourth-order valence-corrected chi connectivity index (χ4v) is 3.98. The second-order valence-electron chi connectivity index (χ2n) is 7.62. The highest BCUT2D eigenvalue weighted by molar-refractivity contribution is 5.94. The van der Waals surface area contributed by atoms with E-state index in [0.29, 0.717) is 5.92 Å². The molecule has 0 aliphatic carbocycles. The Morgan fingerprint density at radius 2 is 1.72 bits per heavy atom. The Hall–Kier alpha value is -1.43.